The largest absolute Gasteiger partial charge is 0.338 e. The Labute approximate surface area is 148 Å². The molecule has 132 valence electrons. The Morgan fingerprint density at radius 3 is 2.76 bits per heavy atom. The predicted octanol–water partition coefficient (Wildman–Crippen LogP) is 3.35. The van der Waals surface area contributed by atoms with Crippen LogP contribution in [0.4, 0.5) is 4.39 Å². The summed E-state index contributed by atoms with van der Waals surface area (Å²) >= 11 is 0. The van der Waals surface area contributed by atoms with Crippen LogP contribution < -0.4 is 0 Å². The average molecular weight is 341 g/mol. The molecule has 2 aromatic rings. The first-order valence-electron chi connectivity index (χ1n) is 8.79. The number of halogens is 1. The molecule has 0 aliphatic carbocycles. The van der Waals surface area contributed by atoms with Gasteiger partial charge < -0.3 is 4.90 Å². The summed E-state index contributed by atoms with van der Waals surface area (Å²) in [4.78, 5) is 21.1. The molecule has 0 radical (unpaired) electrons. The van der Waals surface area contributed by atoms with Gasteiger partial charge in [-0.25, -0.2) is 4.39 Å². The topological polar surface area (TPSA) is 36.4 Å². The second-order valence-electron chi connectivity index (χ2n) is 6.59. The van der Waals surface area contributed by atoms with E-state index in [-0.39, 0.29) is 11.5 Å². The van der Waals surface area contributed by atoms with E-state index in [0.29, 0.717) is 19.1 Å². The highest BCUT2D eigenvalue weighted by Crippen LogP contribution is 2.19. The number of hydrogen-bond acceptors (Lipinski definition) is 3. The standard InChI is InChI=1S/C20H24FN3O/c1-23(15-16-7-4-5-12-22-16)17-8-6-13-24(14-11-17)20(25)18-9-2-3-10-19(18)21/h2-5,7,9-10,12,17H,6,8,11,13-15H2,1H3/t17-/m1/s1. The summed E-state index contributed by atoms with van der Waals surface area (Å²) in [6.07, 6.45) is 4.66. The molecule has 0 spiro atoms. The monoisotopic (exact) mass is 341 g/mol. The van der Waals surface area contributed by atoms with E-state index in [1.807, 2.05) is 24.4 Å². The third-order valence-corrected chi connectivity index (χ3v) is 4.85. The van der Waals surface area contributed by atoms with Gasteiger partial charge in [-0.15, -0.1) is 0 Å². The SMILES string of the molecule is CN(Cc1ccccn1)[C@@H]1CCCN(C(=O)c2ccccc2F)CC1. The van der Waals surface area contributed by atoms with Crippen molar-refractivity contribution in [2.75, 3.05) is 20.1 Å². The summed E-state index contributed by atoms with van der Waals surface area (Å²) in [5.41, 5.74) is 1.22. The predicted molar refractivity (Wildman–Crippen MR) is 95.6 cm³/mol. The van der Waals surface area contributed by atoms with Gasteiger partial charge in [0, 0.05) is 31.9 Å². The Morgan fingerprint density at radius 1 is 1.20 bits per heavy atom. The number of hydrogen-bond donors (Lipinski definition) is 0. The first-order chi connectivity index (χ1) is 12.1. The molecule has 1 aromatic heterocycles. The van der Waals surface area contributed by atoms with Crippen LogP contribution in [0.2, 0.25) is 0 Å². The fourth-order valence-corrected chi connectivity index (χ4v) is 3.40. The Balaban J connectivity index is 1.60. The molecule has 1 aromatic carbocycles. The van der Waals surface area contributed by atoms with Crippen molar-refractivity contribution in [1.82, 2.24) is 14.8 Å². The van der Waals surface area contributed by atoms with Gasteiger partial charge in [0.15, 0.2) is 0 Å². The van der Waals surface area contributed by atoms with Crippen LogP contribution >= 0.6 is 0 Å². The second kappa shape index (κ2) is 8.21. The number of nitrogens with zero attached hydrogens (tertiary/aromatic N) is 3. The van der Waals surface area contributed by atoms with Gasteiger partial charge in [0.1, 0.15) is 5.82 Å². The second-order valence-corrected chi connectivity index (χ2v) is 6.59. The van der Waals surface area contributed by atoms with Crippen LogP contribution in [0.1, 0.15) is 35.3 Å². The fraction of sp³-hybridized carbons (Fsp3) is 0.400. The van der Waals surface area contributed by atoms with Crippen molar-refractivity contribution in [2.24, 2.45) is 0 Å². The van der Waals surface area contributed by atoms with Crippen LogP contribution in [0.5, 0.6) is 0 Å². The maximum Gasteiger partial charge on any atom is 0.256 e. The normalized spacial score (nSPS) is 18.2. The van der Waals surface area contributed by atoms with Crippen molar-refractivity contribution in [3.05, 3.63) is 65.7 Å². The van der Waals surface area contributed by atoms with E-state index < -0.39 is 5.82 Å². The maximum absolute atomic E-state index is 13.9. The van der Waals surface area contributed by atoms with Crippen molar-refractivity contribution in [3.8, 4) is 0 Å². The molecule has 3 rings (SSSR count). The molecule has 4 nitrogen and oxygen atoms in total. The van der Waals surface area contributed by atoms with Crippen LogP contribution in [-0.2, 0) is 6.54 Å². The molecule has 0 bridgehead atoms. The Hall–Kier alpha value is -2.27. The van der Waals surface area contributed by atoms with Gasteiger partial charge in [-0.1, -0.05) is 18.2 Å². The lowest BCUT2D eigenvalue weighted by Crippen LogP contribution is -2.35. The fourth-order valence-electron chi connectivity index (χ4n) is 3.40. The summed E-state index contributed by atoms with van der Waals surface area (Å²) in [6.45, 7) is 2.14. The number of aromatic nitrogens is 1. The number of carbonyl (C=O) groups excluding carboxylic acids is 1. The lowest BCUT2D eigenvalue weighted by Gasteiger charge is -2.27. The third-order valence-electron chi connectivity index (χ3n) is 4.85. The van der Waals surface area contributed by atoms with Crippen molar-refractivity contribution < 1.29 is 9.18 Å². The summed E-state index contributed by atoms with van der Waals surface area (Å²) in [5.74, 6) is -0.647. The minimum absolute atomic E-state index is 0.169. The van der Waals surface area contributed by atoms with E-state index in [1.165, 1.54) is 6.07 Å². The zero-order chi connectivity index (χ0) is 17.6. The molecule has 1 aliphatic heterocycles. The van der Waals surface area contributed by atoms with E-state index in [2.05, 4.69) is 16.9 Å². The molecule has 1 amide bonds. The lowest BCUT2D eigenvalue weighted by atomic mass is 10.1. The van der Waals surface area contributed by atoms with Gasteiger partial charge >= 0.3 is 0 Å². The Morgan fingerprint density at radius 2 is 2.00 bits per heavy atom. The van der Waals surface area contributed by atoms with E-state index in [9.17, 15) is 9.18 Å². The third kappa shape index (κ3) is 4.42. The van der Waals surface area contributed by atoms with Gasteiger partial charge in [0.2, 0.25) is 0 Å². The molecule has 0 N–H and O–H groups in total. The zero-order valence-electron chi connectivity index (χ0n) is 14.6. The summed E-state index contributed by atoms with van der Waals surface area (Å²) in [5, 5.41) is 0. The first kappa shape index (κ1) is 17.5. The van der Waals surface area contributed by atoms with E-state index in [1.54, 1.807) is 23.1 Å². The molecule has 25 heavy (non-hydrogen) atoms. The van der Waals surface area contributed by atoms with Crippen molar-refractivity contribution >= 4 is 5.91 Å². The van der Waals surface area contributed by atoms with Crippen molar-refractivity contribution in [3.63, 3.8) is 0 Å². The molecule has 1 aliphatic rings. The molecular formula is C20H24FN3O. The highest BCUT2D eigenvalue weighted by molar-refractivity contribution is 5.94. The molecule has 2 heterocycles. The number of likely N-dealkylation sites (tertiary alicyclic amines) is 1. The molecule has 1 fully saturated rings. The zero-order valence-corrected chi connectivity index (χ0v) is 14.6. The molecule has 1 saturated heterocycles. The summed E-state index contributed by atoms with van der Waals surface area (Å²) in [7, 11) is 2.10. The summed E-state index contributed by atoms with van der Waals surface area (Å²) in [6, 6.07) is 12.6. The van der Waals surface area contributed by atoms with Gasteiger partial charge in [-0.05, 0) is 50.6 Å². The maximum atomic E-state index is 13.9. The highest BCUT2D eigenvalue weighted by atomic mass is 19.1. The van der Waals surface area contributed by atoms with Gasteiger partial charge in [-0.3, -0.25) is 14.7 Å². The smallest absolute Gasteiger partial charge is 0.256 e. The lowest BCUT2D eigenvalue weighted by molar-refractivity contribution is 0.0752. The molecular weight excluding hydrogens is 317 g/mol. The van der Waals surface area contributed by atoms with E-state index in [4.69, 9.17) is 0 Å². The molecule has 0 saturated carbocycles. The molecule has 0 unspecified atom stereocenters. The van der Waals surface area contributed by atoms with Crippen molar-refractivity contribution in [1.29, 1.82) is 0 Å². The quantitative estimate of drug-likeness (QED) is 0.856. The van der Waals surface area contributed by atoms with Crippen molar-refractivity contribution in [2.45, 2.75) is 31.8 Å². The van der Waals surface area contributed by atoms with Crippen LogP contribution in [0.15, 0.2) is 48.7 Å². The minimum atomic E-state index is -0.444. The number of carbonyl (C=O) groups is 1. The molecule has 5 heteroatoms. The highest BCUT2D eigenvalue weighted by Gasteiger charge is 2.25. The van der Waals surface area contributed by atoms with Crippen LogP contribution in [0, 0.1) is 5.82 Å². The van der Waals surface area contributed by atoms with Crippen LogP contribution in [0.25, 0.3) is 0 Å². The van der Waals surface area contributed by atoms with Gasteiger partial charge in [-0.2, -0.15) is 0 Å². The number of rotatable bonds is 4. The first-order valence-corrected chi connectivity index (χ1v) is 8.79. The summed E-state index contributed by atoms with van der Waals surface area (Å²) < 4.78 is 13.9. The van der Waals surface area contributed by atoms with E-state index >= 15 is 0 Å². The van der Waals surface area contributed by atoms with Gasteiger partial charge in [0.25, 0.3) is 5.91 Å². The van der Waals surface area contributed by atoms with E-state index in [0.717, 1.165) is 31.5 Å². The number of amides is 1. The van der Waals surface area contributed by atoms with Crippen LogP contribution in [-0.4, -0.2) is 46.9 Å². The number of benzene rings is 1. The Kier molecular flexibility index (Phi) is 5.76. The number of pyridine rings is 1. The Bertz CT molecular complexity index is 707. The van der Waals surface area contributed by atoms with Gasteiger partial charge in [0.05, 0.1) is 11.3 Å². The average Bonchev–Trinajstić information content (AvgIpc) is 2.89. The van der Waals surface area contributed by atoms with Crippen LogP contribution in [0.3, 0.4) is 0 Å². The molecule has 1 atom stereocenters. The minimum Gasteiger partial charge on any atom is -0.338 e.